The van der Waals surface area contributed by atoms with Gasteiger partial charge in [-0.3, -0.25) is 0 Å². The van der Waals surface area contributed by atoms with Crippen LogP contribution in [0.2, 0.25) is 0 Å². The summed E-state index contributed by atoms with van der Waals surface area (Å²) in [6.07, 6.45) is 1.10. The predicted molar refractivity (Wildman–Crippen MR) is 179 cm³/mol. The summed E-state index contributed by atoms with van der Waals surface area (Å²) in [6.45, 7) is 9.04. The molecule has 0 N–H and O–H groups in total. The van der Waals surface area contributed by atoms with Gasteiger partial charge in [-0.2, -0.15) is 4.44 Å². The van der Waals surface area contributed by atoms with Crippen LogP contribution in [0.25, 0.3) is 43.5 Å². The smallest absolute Gasteiger partial charge is 0.313 e. The van der Waals surface area contributed by atoms with E-state index in [1.807, 2.05) is 0 Å². The Hall–Kier alpha value is -3.29. The second-order valence-electron chi connectivity index (χ2n) is 11.3. The first-order chi connectivity index (χ1) is 19.8. The zero-order valence-electron chi connectivity index (χ0n) is 24.6. The number of fused-ring (bicyclic) bond motifs is 7. The third-order valence-corrected chi connectivity index (χ3v) is 11.3. The molecule has 0 saturated heterocycles. The lowest BCUT2D eigenvalue weighted by Crippen LogP contribution is -2.18. The summed E-state index contributed by atoms with van der Waals surface area (Å²) in [7, 11) is 2.85. The van der Waals surface area contributed by atoms with Crippen LogP contribution >= 0.6 is 16.9 Å². The molecule has 6 heteroatoms. The molecule has 6 rings (SSSR count). The number of ether oxygens (including phenoxy) is 1. The molecule has 0 amide bonds. The van der Waals surface area contributed by atoms with E-state index in [-0.39, 0.29) is 5.16 Å². The third kappa shape index (κ3) is 5.15. The quantitative estimate of drug-likeness (QED) is 0.176. The molecule has 2 unspecified atom stereocenters. The molecule has 0 saturated carbocycles. The van der Waals surface area contributed by atoms with Crippen LogP contribution < -0.4 is 9.18 Å². The highest BCUT2D eigenvalue weighted by atomic mass is 31.2. The maximum atomic E-state index is 6.81. The van der Waals surface area contributed by atoms with Crippen molar-refractivity contribution in [3.05, 3.63) is 102 Å². The van der Waals surface area contributed by atoms with Crippen molar-refractivity contribution in [3.8, 4) is 5.75 Å². The Balaban J connectivity index is 1.52. The van der Waals surface area contributed by atoms with Gasteiger partial charge in [-0.15, -0.1) is 0 Å². The van der Waals surface area contributed by atoms with E-state index in [0.717, 1.165) is 34.1 Å². The molecule has 210 valence electrons. The molecule has 1 heterocycles. The van der Waals surface area contributed by atoms with Crippen molar-refractivity contribution in [1.29, 1.82) is 0 Å². The summed E-state index contributed by atoms with van der Waals surface area (Å²) in [6, 6.07) is 32.2. The SMILES string of the molecule is CCC(C)c1ccc(C(C)(C)PN(C)p2oc3ccc4ccccc4c3c3c(ccc4ccccc43)o2)c(OC)c1. The fourth-order valence-corrected chi connectivity index (χ4v) is 9.13. The van der Waals surface area contributed by atoms with Crippen molar-refractivity contribution in [1.82, 2.24) is 0 Å². The van der Waals surface area contributed by atoms with Gasteiger partial charge in [0.25, 0.3) is 0 Å². The Kier molecular flexibility index (Phi) is 7.60. The number of hydrogen-bond acceptors (Lipinski definition) is 4. The summed E-state index contributed by atoms with van der Waals surface area (Å²) >= 11 is 0. The molecule has 1 aromatic heterocycles. The van der Waals surface area contributed by atoms with E-state index in [4.69, 9.17) is 13.1 Å². The number of nitrogens with zero attached hydrogens (tertiary/aromatic N) is 1. The fraction of sp³-hybridized carbons (Fsp3) is 0.257. The maximum absolute atomic E-state index is 6.81. The molecule has 0 fully saturated rings. The maximum Gasteiger partial charge on any atom is 0.313 e. The molecule has 0 aliphatic carbocycles. The van der Waals surface area contributed by atoms with Crippen LogP contribution in [-0.4, -0.2) is 14.2 Å². The van der Waals surface area contributed by atoms with Crippen molar-refractivity contribution in [2.45, 2.75) is 45.2 Å². The number of benzene rings is 5. The summed E-state index contributed by atoms with van der Waals surface area (Å²) in [5, 5.41) is 6.71. The minimum absolute atomic E-state index is 0.187. The van der Waals surface area contributed by atoms with Crippen LogP contribution in [0.1, 0.15) is 51.2 Å². The third-order valence-electron chi connectivity index (χ3n) is 8.15. The van der Waals surface area contributed by atoms with Gasteiger partial charge >= 0.3 is 8.16 Å². The molecular weight excluding hydrogens is 544 g/mol. The lowest BCUT2D eigenvalue weighted by Gasteiger charge is -2.30. The monoisotopic (exact) mass is 581 g/mol. The second kappa shape index (κ2) is 11.2. The number of hydrogen-bond donors (Lipinski definition) is 0. The molecular formula is C35H37NO3P2. The van der Waals surface area contributed by atoms with E-state index >= 15 is 0 Å². The van der Waals surface area contributed by atoms with E-state index in [0.29, 0.717) is 14.6 Å². The number of methoxy groups -OCH3 is 1. The van der Waals surface area contributed by atoms with E-state index in [1.54, 1.807) is 7.11 Å². The molecule has 41 heavy (non-hydrogen) atoms. The number of rotatable bonds is 7. The molecule has 2 atom stereocenters. The minimum Gasteiger partial charge on any atom is -0.496 e. The lowest BCUT2D eigenvalue weighted by atomic mass is 9.93. The Morgan fingerprint density at radius 3 is 1.93 bits per heavy atom. The van der Waals surface area contributed by atoms with Crippen molar-refractivity contribution in [2.24, 2.45) is 0 Å². The molecule has 6 aromatic rings. The van der Waals surface area contributed by atoms with Crippen LogP contribution in [0.5, 0.6) is 5.75 Å². The van der Waals surface area contributed by atoms with Crippen molar-refractivity contribution in [3.63, 3.8) is 0 Å². The van der Waals surface area contributed by atoms with Gasteiger partial charge in [-0.25, -0.2) is 0 Å². The molecule has 0 spiro atoms. The largest absolute Gasteiger partial charge is 0.496 e. The average molecular weight is 582 g/mol. The Bertz CT molecular complexity index is 1830. The second-order valence-corrected chi connectivity index (χ2v) is 15.2. The van der Waals surface area contributed by atoms with Gasteiger partial charge in [0.2, 0.25) is 0 Å². The van der Waals surface area contributed by atoms with Gasteiger partial charge in [0.15, 0.2) is 0 Å². The summed E-state index contributed by atoms with van der Waals surface area (Å²) < 4.78 is 21.8. The first-order valence-electron chi connectivity index (χ1n) is 14.2. The Morgan fingerprint density at radius 2 is 1.39 bits per heavy atom. The van der Waals surface area contributed by atoms with Crippen LogP contribution in [0.3, 0.4) is 0 Å². The highest BCUT2D eigenvalue weighted by Crippen LogP contribution is 2.52. The van der Waals surface area contributed by atoms with Crippen molar-refractivity contribution < 1.29 is 13.1 Å². The normalized spacial score (nSPS) is 13.2. The van der Waals surface area contributed by atoms with Gasteiger partial charge < -0.3 is 13.1 Å². The summed E-state index contributed by atoms with van der Waals surface area (Å²) in [5.41, 5.74) is 4.22. The van der Waals surface area contributed by atoms with Gasteiger partial charge in [0, 0.05) is 28.5 Å². The molecule has 0 aliphatic rings. The summed E-state index contributed by atoms with van der Waals surface area (Å²) in [5.74, 6) is 1.44. The van der Waals surface area contributed by atoms with E-state index in [2.05, 4.69) is 130 Å². The highest BCUT2D eigenvalue weighted by molar-refractivity contribution is 7.58. The molecule has 4 nitrogen and oxygen atoms in total. The highest BCUT2D eigenvalue weighted by Gasteiger charge is 2.29. The first kappa shape index (κ1) is 27.9. The summed E-state index contributed by atoms with van der Waals surface area (Å²) in [4.78, 5) is 0. The van der Waals surface area contributed by atoms with Crippen LogP contribution in [0.15, 0.2) is 99.4 Å². The van der Waals surface area contributed by atoms with Crippen LogP contribution in [0, 0.1) is 0 Å². The molecule has 0 bridgehead atoms. The minimum atomic E-state index is -1.43. The van der Waals surface area contributed by atoms with E-state index in [9.17, 15) is 0 Å². The van der Waals surface area contributed by atoms with E-state index in [1.165, 1.54) is 32.7 Å². The van der Waals surface area contributed by atoms with E-state index < -0.39 is 8.16 Å². The zero-order valence-corrected chi connectivity index (χ0v) is 26.5. The standard InChI is InChI=1S/C35H37NO3P2/c1-7-23(2)26-16-19-29(32(22-26)37-6)35(3,4)40-36(5)41-38-30-20-17-24-12-8-10-14-27(24)33(30)34-28-15-11-9-13-25(28)18-21-31(34)39-41/h8-23,40H,7H2,1-6H3. The Labute approximate surface area is 244 Å². The fourth-order valence-electron chi connectivity index (χ4n) is 5.75. The topological polar surface area (TPSA) is 38.8 Å². The Morgan fingerprint density at radius 1 is 0.829 bits per heavy atom. The van der Waals surface area contributed by atoms with Crippen LogP contribution in [0.4, 0.5) is 0 Å². The zero-order chi connectivity index (χ0) is 28.7. The van der Waals surface area contributed by atoms with Gasteiger partial charge in [-0.05, 0) is 66.4 Å². The van der Waals surface area contributed by atoms with Gasteiger partial charge in [-0.1, -0.05) is 100 Å². The van der Waals surface area contributed by atoms with Gasteiger partial charge in [0.05, 0.1) is 7.11 Å². The van der Waals surface area contributed by atoms with Crippen LogP contribution in [-0.2, 0) is 5.16 Å². The molecule has 5 aromatic carbocycles. The molecule has 0 radical (unpaired) electrons. The van der Waals surface area contributed by atoms with Crippen molar-refractivity contribution in [2.75, 3.05) is 18.6 Å². The van der Waals surface area contributed by atoms with Crippen molar-refractivity contribution >= 4 is 60.4 Å². The lowest BCUT2D eigenvalue weighted by molar-refractivity contribution is 0.404. The predicted octanol–water partition coefficient (Wildman–Crippen LogP) is 11.2. The molecule has 0 aliphatic heterocycles. The average Bonchev–Trinajstić information content (AvgIpc) is 3.17. The van der Waals surface area contributed by atoms with Gasteiger partial charge in [0.1, 0.15) is 16.9 Å². The first-order valence-corrected chi connectivity index (χ1v) is 16.3.